The summed E-state index contributed by atoms with van der Waals surface area (Å²) in [5, 5.41) is 10.9. The van der Waals surface area contributed by atoms with Crippen LogP contribution in [-0.4, -0.2) is 72.3 Å². The third-order valence-corrected chi connectivity index (χ3v) is 7.07. The number of nitrogens with zero attached hydrogens (tertiary/aromatic N) is 5. The fourth-order valence-corrected chi connectivity index (χ4v) is 4.27. The van der Waals surface area contributed by atoms with E-state index in [0.29, 0.717) is 12.8 Å². The SMILES string of the molecule is CB(O)N1CCC(N(C)c2ncnc3c2ccn3COCC[Si](C)(C)C)C1. The average molecular weight is 389 g/mol. The van der Waals surface area contributed by atoms with Gasteiger partial charge in [0.1, 0.15) is 24.5 Å². The van der Waals surface area contributed by atoms with Gasteiger partial charge in [0.05, 0.1) is 5.39 Å². The minimum absolute atomic E-state index is 0.342. The van der Waals surface area contributed by atoms with E-state index >= 15 is 0 Å². The van der Waals surface area contributed by atoms with E-state index in [0.717, 1.165) is 49.0 Å². The first kappa shape index (κ1) is 20.3. The largest absolute Gasteiger partial charge is 0.437 e. The first-order valence-corrected chi connectivity index (χ1v) is 13.5. The zero-order valence-corrected chi connectivity index (χ0v) is 18.2. The molecule has 0 spiro atoms. The van der Waals surface area contributed by atoms with Crippen molar-refractivity contribution in [2.24, 2.45) is 0 Å². The second kappa shape index (κ2) is 8.30. The summed E-state index contributed by atoms with van der Waals surface area (Å²) in [6.07, 6.45) is 4.68. The molecule has 0 aliphatic carbocycles. The van der Waals surface area contributed by atoms with Crippen LogP contribution in [0.2, 0.25) is 32.5 Å². The van der Waals surface area contributed by atoms with Crippen molar-refractivity contribution >= 4 is 32.0 Å². The number of aromatic nitrogens is 3. The highest BCUT2D eigenvalue weighted by atomic mass is 28.3. The summed E-state index contributed by atoms with van der Waals surface area (Å²) < 4.78 is 7.94. The molecular weight excluding hydrogens is 357 g/mol. The molecule has 0 radical (unpaired) electrons. The number of hydrogen-bond donors (Lipinski definition) is 1. The maximum Gasteiger partial charge on any atom is 0.376 e. The molecule has 0 bridgehead atoms. The summed E-state index contributed by atoms with van der Waals surface area (Å²) in [5.41, 5.74) is 0.908. The zero-order chi connectivity index (χ0) is 19.6. The lowest BCUT2D eigenvalue weighted by molar-refractivity contribution is 0.0899. The second-order valence-corrected chi connectivity index (χ2v) is 14.4. The highest BCUT2D eigenvalue weighted by Gasteiger charge is 2.31. The van der Waals surface area contributed by atoms with E-state index < -0.39 is 15.1 Å². The van der Waals surface area contributed by atoms with E-state index in [9.17, 15) is 5.02 Å². The van der Waals surface area contributed by atoms with Crippen molar-refractivity contribution in [2.75, 3.05) is 31.6 Å². The third kappa shape index (κ3) is 4.90. The molecule has 2 aromatic rings. The molecule has 9 heteroatoms. The van der Waals surface area contributed by atoms with Crippen molar-refractivity contribution < 1.29 is 9.76 Å². The van der Waals surface area contributed by atoms with Gasteiger partial charge < -0.3 is 24.0 Å². The standard InChI is InChI=1S/C18H32BN5O2Si/c1-19(25)24-9-6-15(12-24)22(2)17-16-7-8-23(18(16)21-13-20-17)14-26-10-11-27(3,4)5/h7-8,13,15,25H,6,9-12,14H2,1-5H3. The van der Waals surface area contributed by atoms with Crippen LogP contribution in [0.5, 0.6) is 0 Å². The minimum Gasteiger partial charge on any atom is -0.437 e. The van der Waals surface area contributed by atoms with Crippen molar-refractivity contribution in [1.29, 1.82) is 0 Å². The van der Waals surface area contributed by atoms with Gasteiger partial charge in [-0.15, -0.1) is 0 Å². The maximum absolute atomic E-state index is 9.82. The number of likely N-dealkylation sites (N-methyl/N-ethyl adjacent to an activating group) is 1. The van der Waals surface area contributed by atoms with E-state index in [-0.39, 0.29) is 0 Å². The molecule has 1 aliphatic heterocycles. The zero-order valence-electron chi connectivity index (χ0n) is 17.2. The Bertz CT molecular complexity index is 764. The Hall–Kier alpha value is -1.42. The van der Waals surface area contributed by atoms with E-state index in [2.05, 4.69) is 57.0 Å². The predicted molar refractivity (Wildman–Crippen MR) is 114 cm³/mol. The molecule has 27 heavy (non-hydrogen) atoms. The summed E-state index contributed by atoms with van der Waals surface area (Å²) in [4.78, 5) is 13.4. The smallest absolute Gasteiger partial charge is 0.376 e. The Morgan fingerprint density at radius 3 is 2.81 bits per heavy atom. The lowest BCUT2D eigenvalue weighted by Crippen LogP contribution is -2.39. The van der Waals surface area contributed by atoms with Crippen LogP contribution < -0.4 is 4.90 Å². The van der Waals surface area contributed by atoms with E-state index in [1.807, 2.05) is 13.0 Å². The van der Waals surface area contributed by atoms with Gasteiger partial charge in [-0.3, -0.25) is 0 Å². The van der Waals surface area contributed by atoms with Crippen LogP contribution in [-0.2, 0) is 11.5 Å². The maximum atomic E-state index is 9.82. The number of hydrogen-bond acceptors (Lipinski definition) is 6. The van der Waals surface area contributed by atoms with Gasteiger partial charge in [0.2, 0.25) is 0 Å². The first-order valence-electron chi connectivity index (χ1n) is 9.79. The molecule has 7 nitrogen and oxygen atoms in total. The molecule has 3 rings (SSSR count). The summed E-state index contributed by atoms with van der Waals surface area (Å²) in [5.74, 6) is 0.943. The number of fused-ring (bicyclic) bond motifs is 1. The Morgan fingerprint density at radius 1 is 1.37 bits per heavy atom. The van der Waals surface area contributed by atoms with Gasteiger partial charge in [0.25, 0.3) is 0 Å². The Kier molecular flexibility index (Phi) is 6.25. The lowest BCUT2D eigenvalue weighted by Gasteiger charge is -2.26. The number of ether oxygens (including phenoxy) is 1. The fraction of sp³-hybridized carbons (Fsp3) is 0.667. The molecule has 1 N–H and O–H groups in total. The first-order chi connectivity index (χ1) is 12.8. The molecule has 1 atom stereocenters. The van der Waals surface area contributed by atoms with Crippen LogP contribution >= 0.6 is 0 Å². The van der Waals surface area contributed by atoms with E-state index in [1.165, 1.54) is 0 Å². The highest BCUT2D eigenvalue weighted by Crippen LogP contribution is 2.27. The summed E-state index contributed by atoms with van der Waals surface area (Å²) in [6.45, 7) is 12.0. The second-order valence-electron chi connectivity index (χ2n) is 8.75. The Morgan fingerprint density at radius 2 is 2.15 bits per heavy atom. The van der Waals surface area contributed by atoms with Crippen LogP contribution in [0.25, 0.3) is 11.0 Å². The molecule has 0 amide bonds. The summed E-state index contributed by atoms with van der Waals surface area (Å²) in [7, 11) is 0.609. The van der Waals surface area contributed by atoms with E-state index in [4.69, 9.17) is 4.74 Å². The van der Waals surface area contributed by atoms with Gasteiger partial charge in [0, 0.05) is 40.5 Å². The summed E-state index contributed by atoms with van der Waals surface area (Å²) >= 11 is 0. The van der Waals surface area contributed by atoms with Crippen molar-refractivity contribution in [3.8, 4) is 0 Å². The van der Waals surface area contributed by atoms with Gasteiger partial charge in [0.15, 0.2) is 0 Å². The molecule has 148 valence electrons. The minimum atomic E-state index is -1.07. The Balaban J connectivity index is 1.70. The van der Waals surface area contributed by atoms with Gasteiger partial charge in [-0.05, 0) is 31.9 Å². The Labute approximate surface area is 163 Å². The van der Waals surface area contributed by atoms with Gasteiger partial charge in [-0.1, -0.05) is 19.6 Å². The number of anilines is 1. The monoisotopic (exact) mass is 389 g/mol. The van der Waals surface area contributed by atoms with Crippen LogP contribution in [0.4, 0.5) is 5.82 Å². The molecule has 3 heterocycles. The predicted octanol–water partition coefficient (Wildman–Crippen LogP) is 2.36. The van der Waals surface area contributed by atoms with Crippen molar-refractivity contribution in [1.82, 2.24) is 19.3 Å². The average Bonchev–Trinajstić information content (AvgIpc) is 3.24. The molecule has 1 fully saturated rings. The van der Waals surface area contributed by atoms with Crippen LogP contribution in [0, 0.1) is 0 Å². The van der Waals surface area contributed by atoms with Crippen LogP contribution in [0.15, 0.2) is 18.6 Å². The van der Waals surface area contributed by atoms with E-state index in [1.54, 1.807) is 6.33 Å². The topological polar surface area (TPSA) is 66.7 Å². The molecular formula is C18H32BN5O2Si. The molecule has 0 saturated carbocycles. The van der Waals surface area contributed by atoms with Gasteiger partial charge in [-0.2, -0.15) is 0 Å². The normalized spacial score (nSPS) is 18.4. The van der Waals surface area contributed by atoms with Crippen LogP contribution in [0.3, 0.4) is 0 Å². The molecule has 1 unspecified atom stereocenters. The summed E-state index contributed by atoms with van der Waals surface area (Å²) in [6, 6.07) is 3.58. The molecule has 0 aromatic carbocycles. The molecule has 2 aromatic heterocycles. The number of rotatable bonds is 8. The highest BCUT2D eigenvalue weighted by molar-refractivity contribution is 6.76. The quantitative estimate of drug-likeness (QED) is 0.552. The van der Waals surface area contributed by atoms with Crippen molar-refractivity contribution in [3.05, 3.63) is 18.6 Å². The third-order valence-electron chi connectivity index (χ3n) is 5.37. The van der Waals surface area contributed by atoms with Gasteiger partial charge in [-0.25, -0.2) is 9.97 Å². The van der Waals surface area contributed by atoms with Crippen LogP contribution in [0.1, 0.15) is 6.42 Å². The lowest BCUT2D eigenvalue weighted by atomic mass is 9.86. The van der Waals surface area contributed by atoms with Gasteiger partial charge >= 0.3 is 7.05 Å². The molecule has 1 aliphatic rings. The fourth-order valence-electron chi connectivity index (χ4n) is 3.51. The molecule has 1 saturated heterocycles. The van der Waals surface area contributed by atoms with Crippen molar-refractivity contribution in [3.63, 3.8) is 0 Å². The van der Waals surface area contributed by atoms with Crippen molar-refractivity contribution in [2.45, 2.75) is 51.7 Å².